The molecule has 1 unspecified atom stereocenters. The Balaban J connectivity index is 1.29. The van der Waals surface area contributed by atoms with Gasteiger partial charge in [-0.25, -0.2) is 9.79 Å². The van der Waals surface area contributed by atoms with Crippen LogP contribution in [0.3, 0.4) is 0 Å². The minimum atomic E-state index is -0.796. The lowest BCUT2D eigenvalue weighted by molar-refractivity contribution is -0.131. The lowest BCUT2D eigenvalue weighted by Gasteiger charge is -2.23. The molecule has 7 heteroatoms. The Bertz CT molecular complexity index is 1050. The van der Waals surface area contributed by atoms with Crippen molar-refractivity contribution in [2.75, 3.05) is 0 Å². The predicted octanol–water partition coefficient (Wildman–Crippen LogP) is 3.50. The molecule has 174 valence electrons. The van der Waals surface area contributed by atoms with Gasteiger partial charge in [-0.2, -0.15) is 0 Å². The Kier molecular flexibility index (Phi) is 6.40. The van der Waals surface area contributed by atoms with Crippen molar-refractivity contribution in [2.45, 2.75) is 64.2 Å². The number of aliphatic imine (C=N–C) groups is 1. The van der Waals surface area contributed by atoms with Gasteiger partial charge in [0.25, 0.3) is 5.91 Å². The molecule has 33 heavy (non-hydrogen) atoms. The number of carbonyl (C=O) groups excluding carboxylic acids is 2. The standard InChI is InChI=1S/C26H33N5O2/c1-17(2)14-26(3)23(32)31(24(27)30-26)16-19-9-7-8-18(12-19)15-28-25(33)29-22-13-21(22)20-10-5-4-6-11-20/h4-12,17,21-22H,13-16H2,1-3H3,(H2,27,30)(H2,28,29,33)/t21-,22+,26?/m0/s1. The predicted molar refractivity (Wildman–Crippen MR) is 129 cm³/mol. The number of carbonyl (C=O) groups is 2. The number of guanidine groups is 1. The van der Waals surface area contributed by atoms with Crippen LogP contribution in [0.1, 0.15) is 56.2 Å². The first kappa shape index (κ1) is 22.8. The van der Waals surface area contributed by atoms with Crippen LogP contribution in [-0.4, -0.2) is 34.4 Å². The SMILES string of the molecule is CC(C)CC1(C)N=C(N)N(Cc2cccc(CNC(=O)N[C@@H]3C[C@H]3c3ccccc3)c2)C1=O. The number of hydrogen-bond acceptors (Lipinski definition) is 4. The molecular formula is C26H33N5O2. The summed E-state index contributed by atoms with van der Waals surface area (Å²) in [5.74, 6) is 0.943. The highest BCUT2D eigenvalue weighted by Gasteiger charge is 2.44. The lowest BCUT2D eigenvalue weighted by atomic mass is 9.91. The maximum absolute atomic E-state index is 13.0. The highest BCUT2D eigenvalue weighted by atomic mass is 16.2. The number of nitrogens with one attached hydrogen (secondary N) is 2. The van der Waals surface area contributed by atoms with Crippen molar-refractivity contribution in [1.29, 1.82) is 0 Å². The Morgan fingerprint density at radius 1 is 1.18 bits per heavy atom. The monoisotopic (exact) mass is 447 g/mol. The van der Waals surface area contributed by atoms with Gasteiger partial charge in [0.15, 0.2) is 5.96 Å². The lowest BCUT2D eigenvalue weighted by Crippen LogP contribution is -2.43. The number of nitrogens with two attached hydrogens (primary N) is 1. The van der Waals surface area contributed by atoms with Crippen LogP contribution in [0.5, 0.6) is 0 Å². The minimum Gasteiger partial charge on any atom is -0.369 e. The Labute approximate surface area is 195 Å². The molecule has 0 spiro atoms. The van der Waals surface area contributed by atoms with Crippen LogP contribution >= 0.6 is 0 Å². The average molecular weight is 448 g/mol. The molecule has 7 nitrogen and oxygen atoms in total. The zero-order valence-electron chi connectivity index (χ0n) is 19.5. The molecule has 2 aromatic carbocycles. The van der Waals surface area contributed by atoms with E-state index in [2.05, 4.69) is 41.6 Å². The summed E-state index contributed by atoms with van der Waals surface area (Å²) in [6.07, 6.45) is 1.63. The van der Waals surface area contributed by atoms with Crippen LogP contribution < -0.4 is 16.4 Å². The van der Waals surface area contributed by atoms with E-state index in [1.54, 1.807) is 4.90 Å². The molecule has 0 aromatic heterocycles. The van der Waals surface area contributed by atoms with Crippen molar-refractivity contribution >= 4 is 17.9 Å². The van der Waals surface area contributed by atoms with Gasteiger partial charge in [-0.1, -0.05) is 68.4 Å². The smallest absolute Gasteiger partial charge is 0.315 e. The highest BCUT2D eigenvalue weighted by molar-refractivity contribution is 6.06. The number of nitrogens with zero attached hydrogens (tertiary/aromatic N) is 2. The van der Waals surface area contributed by atoms with Crippen molar-refractivity contribution in [3.63, 3.8) is 0 Å². The minimum absolute atomic E-state index is 0.0611. The Morgan fingerprint density at radius 2 is 1.91 bits per heavy atom. The van der Waals surface area contributed by atoms with E-state index in [0.717, 1.165) is 17.5 Å². The van der Waals surface area contributed by atoms with Crippen molar-refractivity contribution in [1.82, 2.24) is 15.5 Å². The molecule has 4 N–H and O–H groups in total. The maximum Gasteiger partial charge on any atom is 0.315 e. The van der Waals surface area contributed by atoms with Crippen LogP contribution in [0.4, 0.5) is 4.79 Å². The molecule has 1 aliphatic heterocycles. The fourth-order valence-corrected chi connectivity index (χ4v) is 4.68. The zero-order valence-corrected chi connectivity index (χ0v) is 19.5. The molecule has 3 atom stereocenters. The maximum atomic E-state index is 13.0. The third kappa shape index (κ3) is 5.35. The highest BCUT2D eigenvalue weighted by Crippen LogP contribution is 2.40. The number of urea groups is 1. The van der Waals surface area contributed by atoms with E-state index in [1.165, 1.54) is 5.56 Å². The second kappa shape index (κ2) is 9.25. The molecule has 1 saturated carbocycles. The van der Waals surface area contributed by atoms with Crippen LogP contribution in [0.25, 0.3) is 0 Å². The number of rotatable bonds is 8. The normalized spacial score (nSPS) is 24.1. The molecule has 2 aliphatic rings. The molecule has 1 aliphatic carbocycles. The van der Waals surface area contributed by atoms with Gasteiger partial charge in [0.1, 0.15) is 5.54 Å². The van der Waals surface area contributed by atoms with Crippen molar-refractivity contribution in [2.24, 2.45) is 16.6 Å². The van der Waals surface area contributed by atoms with Crippen LogP contribution in [0, 0.1) is 5.92 Å². The number of amides is 3. The molecule has 0 saturated heterocycles. The molecular weight excluding hydrogens is 414 g/mol. The van der Waals surface area contributed by atoms with E-state index >= 15 is 0 Å². The summed E-state index contributed by atoms with van der Waals surface area (Å²) < 4.78 is 0. The van der Waals surface area contributed by atoms with E-state index in [0.29, 0.717) is 31.3 Å². The van der Waals surface area contributed by atoms with E-state index in [-0.39, 0.29) is 23.9 Å². The van der Waals surface area contributed by atoms with Crippen LogP contribution in [0.15, 0.2) is 59.6 Å². The van der Waals surface area contributed by atoms with E-state index < -0.39 is 5.54 Å². The van der Waals surface area contributed by atoms with Gasteiger partial charge >= 0.3 is 6.03 Å². The van der Waals surface area contributed by atoms with Gasteiger partial charge in [0, 0.05) is 18.5 Å². The summed E-state index contributed by atoms with van der Waals surface area (Å²) in [6.45, 7) is 6.77. The second-order valence-electron chi connectivity index (χ2n) is 9.74. The Morgan fingerprint density at radius 3 is 2.64 bits per heavy atom. The van der Waals surface area contributed by atoms with Crippen LogP contribution in [0.2, 0.25) is 0 Å². The molecule has 1 heterocycles. The number of hydrogen-bond donors (Lipinski definition) is 3. The topological polar surface area (TPSA) is 99.8 Å². The van der Waals surface area contributed by atoms with Gasteiger partial charge < -0.3 is 16.4 Å². The Hall–Kier alpha value is -3.35. The van der Waals surface area contributed by atoms with Gasteiger partial charge in [-0.3, -0.25) is 9.69 Å². The second-order valence-corrected chi connectivity index (χ2v) is 9.74. The quantitative estimate of drug-likeness (QED) is 0.577. The van der Waals surface area contributed by atoms with E-state index in [9.17, 15) is 9.59 Å². The summed E-state index contributed by atoms with van der Waals surface area (Å²) >= 11 is 0. The van der Waals surface area contributed by atoms with Crippen molar-refractivity contribution < 1.29 is 9.59 Å². The van der Waals surface area contributed by atoms with Crippen molar-refractivity contribution in [3.8, 4) is 0 Å². The largest absolute Gasteiger partial charge is 0.369 e. The summed E-state index contributed by atoms with van der Waals surface area (Å²) in [5, 5.41) is 5.98. The van der Waals surface area contributed by atoms with E-state index in [1.807, 2.05) is 49.4 Å². The average Bonchev–Trinajstić information content (AvgIpc) is 3.50. The first-order chi connectivity index (χ1) is 15.7. The van der Waals surface area contributed by atoms with Crippen molar-refractivity contribution in [3.05, 3.63) is 71.3 Å². The molecule has 2 aromatic rings. The molecule has 0 bridgehead atoms. The fourth-order valence-electron chi connectivity index (χ4n) is 4.68. The molecule has 3 amide bonds. The molecule has 1 fully saturated rings. The first-order valence-electron chi connectivity index (χ1n) is 11.6. The first-order valence-corrected chi connectivity index (χ1v) is 11.6. The summed E-state index contributed by atoms with van der Waals surface area (Å²) in [4.78, 5) is 31.3. The summed E-state index contributed by atoms with van der Waals surface area (Å²) in [6, 6.07) is 18.1. The molecule has 4 rings (SSSR count). The summed E-state index contributed by atoms with van der Waals surface area (Å²) in [7, 11) is 0. The summed E-state index contributed by atoms with van der Waals surface area (Å²) in [5.41, 5.74) is 8.48. The van der Waals surface area contributed by atoms with E-state index in [4.69, 9.17) is 5.73 Å². The van der Waals surface area contributed by atoms with Gasteiger partial charge in [-0.05, 0) is 42.4 Å². The molecule has 0 radical (unpaired) electrons. The van der Waals surface area contributed by atoms with Crippen LogP contribution in [-0.2, 0) is 17.9 Å². The van der Waals surface area contributed by atoms with Gasteiger partial charge in [0.2, 0.25) is 0 Å². The fraction of sp³-hybridized carbons (Fsp3) is 0.423. The third-order valence-corrected chi connectivity index (χ3v) is 6.27. The van der Waals surface area contributed by atoms with Gasteiger partial charge in [-0.15, -0.1) is 0 Å². The van der Waals surface area contributed by atoms with Gasteiger partial charge in [0.05, 0.1) is 6.54 Å². The third-order valence-electron chi connectivity index (χ3n) is 6.27. The number of benzene rings is 2. The zero-order chi connectivity index (χ0) is 23.6.